The van der Waals surface area contributed by atoms with Gasteiger partial charge < -0.3 is 15.5 Å². The van der Waals surface area contributed by atoms with E-state index < -0.39 is 10.0 Å². The van der Waals surface area contributed by atoms with E-state index in [0.29, 0.717) is 18.4 Å². The second-order valence-corrected chi connectivity index (χ2v) is 8.52. The third kappa shape index (κ3) is 9.39. The normalized spacial score (nSPS) is 12.1. The van der Waals surface area contributed by atoms with Crippen molar-refractivity contribution in [3.8, 4) is 0 Å². The standard InChI is InChI=1S/C18H31N5O3S/c1-14(2)6-5-11-20-18(22-13-17(24)23(3)4)21-12-15-7-9-16(10-8-15)27(19,25)26/h7-10,14H,5-6,11-13H2,1-4H3,(H2,19,25,26)(H2,20,21,22). The highest BCUT2D eigenvalue weighted by Gasteiger charge is 2.08. The molecule has 0 spiro atoms. The number of nitrogens with one attached hydrogen (secondary N) is 2. The van der Waals surface area contributed by atoms with E-state index in [2.05, 4.69) is 29.5 Å². The molecule has 1 aromatic carbocycles. The van der Waals surface area contributed by atoms with Crippen molar-refractivity contribution in [1.82, 2.24) is 15.5 Å². The zero-order valence-corrected chi connectivity index (χ0v) is 17.3. The van der Waals surface area contributed by atoms with Gasteiger partial charge in [-0.15, -0.1) is 0 Å². The maximum Gasteiger partial charge on any atom is 0.241 e. The van der Waals surface area contributed by atoms with Crippen LogP contribution in [0.25, 0.3) is 0 Å². The monoisotopic (exact) mass is 397 g/mol. The molecule has 0 atom stereocenters. The van der Waals surface area contributed by atoms with Crippen LogP contribution in [0.1, 0.15) is 32.3 Å². The van der Waals surface area contributed by atoms with Gasteiger partial charge in [-0.1, -0.05) is 26.0 Å². The number of hydrogen-bond acceptors (Lipinski definition) is 4. The molecule has 0 unspecified atom stereocenters. The van der Waals surface area contributed by atoms with Crippen molar-refractivity contribution in [2.24, 2.45) is 16.0 Å². The van der Waals surface area contributed by atoms with Gasteiger partial charge >= 0.3 is 0 Å². The number of primary sulfonamides is 1. The molecule has 27 heavy (non-hydrogen) atoms. The number of guanidine groups is 1. The molecule has 1 rings (SSSR count). The largest absolute Gasteiger partial charge is 0.356 e. The minimum absolute atomic E-state index is 0.0517. The van der Waals surface area contributed by atoms with Gasteiger partial charge in [0.25, 0.3) is 0 Å². The number of carbonyl (C=O) groups excluding carboxylic acids is 1. The average Bonchev–Trinajstić information content (AvgIpc) is 2.59. The molecule has 0 fully saturated rings. The first-order chi connectivity index (χ1) is 12.6. The minimum atomic E-state index is -3.70. The topological polar surface area (TPSA) is 117 Å². The number of benzene rings is 1. The molecule has 152 valence electrons. The summed E-state index contributed by atoms with van der Waals surface area (Å²) in [4.78, 5) is 17.8. The minimum Gasteiger partial charge on any atom is -0.356 e. The van der Waals surface area contributed by atoms with Crippen molar-refractivity contribution in [3.05, 3.63) is 29.8 Å². The van der Waals surface area contributed by atoms with E-state index in [1.54, 1.807) is 26.2 Å². The number of rotatable bonds is 9. The van der Waals surface area contributed by atoms with Crippen LogP contribution < -0.4 is 15.8 Å². The van der Waals surface area contributed by atoms with E-state index in [-0.39, 0.29) is 17.3 Å². The van der Waals surface area contributed by atoms with Crippen molar-refractivity contribution in [3.63, 3.8) is 0 Å². The molecule has 1 amide bonds. The summed E-state index contributed by atoms with van der Waals surface area (Å²) in [5.74, 6) is 1.13. The Balaban J connectivity index is 2.72. The summed E-state index contributed by atoms with van der Waals surface area (Å²) in [5.41, 5.74) is 0.838. The first-order valence-corrected chi connectivity index (χ1v) is 10.5. The number of sulfonamides is 1. The Labute approximate surface area is 162 Å². The van der Waals surface area contributed by atoms with E-state index in [1.165, 1.54) is 17.0 Å². The molecule has 0 saturated heterocycles. The van der Waals surface area contributed by atoms with Crippen LogP contribution in [0.5, 0.6) is 0 Å². The Morgan fingerprint density at radius 1 is 1.19 bits per heavy atom. The zero-order valence-electron chi connectivity index (χ0n) is 16.5. The molecule has 0 aliphatic rings. The Bertz CT molecular complexity index is 728. The van der Waals surface area contributed by atoms with Gasteiger partial charge in [0.05, 0.1) is 18.0 Å². The molecule has 1 aromatic rings. The lowest BCUT2D eigenvalue weighted by molar-refractivity contribution is -0.127. The van der Waals surface area contributed by atoms with E-state index in [4.69, 9.17) is 5.14 Å². The van der Waals surface area contributed by atoms with E-state index in [0.717, 1.165) is 24.9 Å². The summed E-state index contributed by atoms with van der Waals surface area (Å²) in [5, 5.41) is 11.4. The second kappa shape index (κ2) is 10.9. The van der Waals surface area contributed by atoms with Gasteiger partial charge in [0.15, 0.2) is 5.96 Å². The number of hydrogen-bond donors (Lipinski definition) is 3. The van der Waals surface area contributed by atoms with Crippen LogP contribution in [0.4, 0.5) is 0 Å². The molecule has 0 aliphatic heterocycles. The SMILES string of the molecule is CC(C)CCCNC(=NCc1ccc(S(N)(=O)=O)cc1)NCC(=O)N(C)C. The summed E-state index contributed by atoms with van der Waals surface area (Å²) in [6.45, 7) is 5.60. The number of amides is 1. The maximum absolute atomic E-state index is 11.8. The van der Waals surface area contributed by atoms with Crippen molar-refractivity contribution >= 4 is 21.9 Å². The van der Waals surface area contributed by atoms with Crippen molar-refractivity contribution in [1.29, 1.82) is 0 Å². The molecule has 9 heteroatoms. The van der Waals surface area contributed by atoms with E-state index in [1.807, 2.05) is 0 Å². The molecule has 4 N–H and O–H groups in total. The molecular weight excluding hydrogens is 366 g/mol. The highest BCUT2D eigenvalue weighted by molar-refractivity contribution is 7.89. The van der Waals surface area contributed by atoms with Gasteiger partial charge in [-0.05, 0) is 36.5 Å². The van der Waals surface area contributed by atoms with Gasteiger partial charge in [-0.3, -0.25) is 4.79 Å². The highest BCUT2D eigenvalue weighted by Crippen LogP contribution is 2.09. The first kappa shape index (κ1) is 22.9. The number of carbonyl (C=O) groups is 1. The molecule has 0 bridgehead atoms. The van der Waals surface area contributed by atoms with Crippen LogP contribution in [-0.4, -0.2) is 52.4 Å². The number of nitrogens with two attached hydrogens (primary N) is 1. The van der Waals surface area contributed by atoms with Crippen molar-refractivity contribution in [2.75, 3.05) is 27.2 Å². The predicted molar refractivity (Wildman–Crippen MR) is 108 cm³/mol. The quantitative estimate of drug-likeness (QED) is 0.325. The summed E-state index contributed by atoms with van der Waals surface area (Å²) in [6.07, 6.45) is 2.11. The number of likely N-dealkylation sites (N-methyl/N-ethyl adjacent to an activating group) is 1. The fraction of sp³-hybridized carbons (Fsp3) is 0.556. The van der Waals surface area contributed by atoms with Gasteiger partial charge in [0.1, 0.15) is 0 Å². The second-order valence-electron chi connectivity index (χ2n) is 6.96. The van der Waals surface area contributed by atoms with E-state index in [9.17, 15) is 13.2 Å². The van der Waals surface area contributed by atoms with Crippen molar-refractivity contribution < 1.29 is 13.2 Å². The lowest BCUT2D eigenvalue weighted by Crippen LogP contribution is -2.43. The fourth-order valence-corrected chi connectivity index (χ4v) is 2.68. The lowest BCUT2D eigenvalue weighted by atomic mass is 10.1. The Hall–Kier alpha value is -2.13. The number of nitrogens with zero attached hydrogens (tertiary/aromatic N) is 2. The highest BCUT2D eigenvalue weighted by atomic mass is 32.2. The van der Waals surface area contributed by atoms with Crippen LogP contribution in [0.15, 0.2) is 34.2 Å². The number of aliphatic imine (C=N–C) groups is 1. The molecule has 8 nitrogen and oxygen atoms in total. The smallest absolute Gasteiger partial charge is 0.241 e. The molecule has 0 saturated carbocycles. The van der Waals surface area contributed by atoms with Gasteiger partial charge in [0.2, 0.25) is 15.9 Å². The maximum atomic E-state index is 11.8. The van der Waals surface area contributed by atoms with Crippen molar-refractivity contribution in [2.45, 2.75) is 38.1 Å². The lowest BCUT2D eigenvalue weighted by Gasteiger charge is -2.15. The average molecular weight is 398 g/mol. The van der Waals surface area contributed by atoms with E-state index >= 15 is 0 Å². The van der Waals surface area contributed by atoms with Gasteiger partial charge in [-0.25, -0.2) is 18.5 Å². The van der Waals surface area contributed by atoms with Crippen LogP contribution in [0.2, 0.25) is 0 Å². The molecule has 0 aromatic heterocycles. The summed E-state index contributed by atoms with van der Waals surface area (Å²) in [7, 11) is -0.305. The predicted octanol–water partition coefficient (Wildman–Crippen LogP) is 0.894. The Kier molecular flexibility index (Phi) is 9.23. The third-order valence-electron chi connectivity index (χ3n) is 3.83. The van der Waals surface area contributed by atoms with Crippen LogP contribution in [0, 0.1) is 5.92 Å². The third-order valence-corrected chi connectivity index (χ3v) is 4.76. The summed E-state index contributed by atoms with van der Waals surface area (Å²) < 4.78 is 22.6. The fourth-order valence-electron chi connectivity index (χ4n) is 2.16. The van der Waals surface area contributed by atoms with Crippen LogP contribution in [-0.2, 0) is 21.4 Å². The van der Waals surface area contributed by atoms with Crippen LogP contribution in [0.3, 0.4) is 0 Å². The molecule has 0 radical (unpaired) electrons. The molecular formula is C18H31N5O3S. The molecule has 0 heterocycles. The van der Waals surface area contributed by atoms with Gasteiger partial charge in [-0.2, -0.15) is 0 Å². The summed E-state index contributed by atoms with van der Waals surface area (Å²) >= 11 is 0. The first-order valence-electron chi connectivity index (χ1n) is 8.93. The Morgan fingerprint density at radius 2 is 1.81 bits per heavy atom. The van der Waals surface area contributed by atoms with Crippen LogP contribution >= 0.6 is 0 Å². The Morgan fingerprint density at radius 3 is 2.33 bits per heavy atom. The molecule has 0 aliphatic carbocycles. The zero-order chi connectivity index (χ0) is 20.4. The van der Waals surface area contributed by atoms with Gasteiger partial charge in [0, 0.05) is 20.6 Å². The summed E-state index contributed by atoms with van der Waals surface area (Å²) in [6, 6.07) is 6.26.